The van der Waals surface area contributed by atoms with Crippen LogP contribution in [0.15, 0.2) is 12.1 Å². The maximum Gasteiger partial charge on any atom is 0.221 e. The SMILES string of the molecule is CNC(=O)CCN(C)Cc1nc(Cl)ccc1Cl. The zero-order valence-electron chi connectivity index (χ0n) is 9.83. The summed E-state index contributed by atoms with van der Waals surface area (Å²) in [6.45, 7) is 1.21. The topological polar surface area (TPSA) is 45.2 Å². The first-order chi connectivity index (χ1) is 8.02. The van der Waals surface area contributed by atoms with Gasteiger partial charge in [-0.15, -0.1) is 0 Å². The summed E-state index contributed by atoms with van der Waals surface area (Å²) in [6.07, 6.45) is 0.450. The average molecular weight is 276 g/mol. The molecule has 1 rings (SSSR count). The number of hydrogen-bond donors (Lipinski definition) is 1. The molecule has 0 aliphatic heterocycles. The van der Waals surface area contributed by atoms with Crippen molar-refractivity contribution in [3.63, 3.8) is 0 Å². The van der Waals surface area contributed by atoms with Crippen LogP contribution < -0.4 is 5.32 Å². The molecule has 0 spiro atoms. The van der Waals surface area contributed by atoms with E-state index in [1.807, 2.05) is 11.9 Å². The van der Waals surface area contributed by atoms with Gasteiger partial charge in [0.25, 0.3) is 0 Å². The summed E-state index contributed by atoms with van der Waals surface area (Å²) in [4.78, 5) is 17.2. The van der Waals surface area contributed by atoms with E-state index in [1.54, 1.807) is 19.2 Å². The minimum atomic E-state index is 0.0157. The fourth-order valence-electron chi connectivity index (χ4n) is 1.32. The van der Waals surface area contributed by atoms with Gasteiger partial charge in [-0.25, -0.2) is 4.98 Å². The minimum Gasteiger partial charge on any atom is -0.359 e. The van der Waals surface area contributed by atoms with Gasteiger partial charge in [0.05, 0.1) is 10.7 Å². The van der Waals surface area contributed by atoms with E-state index in [0.29, 0.717) is 29.7 Å². The summed E-state index contributed by atoms with van der Waals surface area (Å²) in [6, 6.07) is 3.37. The van der Waals surface area contributed by atoms with E-state index >= 15 is 0 Å². The smallest absolute Gasteiger partial charge is 0.221 e. The van der Waals surface area contributed by atoms with Crippen molar-refractivity contribution >= 4 is 29.1 Å². The number of carbonyl (C=O) groups excluding carboxylic acids is 1. The third-order valence-electron chi connectivity index (χ3n) is 2.30. The molecule has 0 saturated carbocycles. The lowest BCUT2D eigenvalue weighted by Crippen LogP contribution is -2.26. The number of carbonyl (C=O) groups is 1. The molecule has 1 heterocycles. The fourth-order valence-corrected chi connectivity index (χ4v) is 1.65. The quantitative estimate of drug-likeness (QED) is 0.836. The van der Waals surface area contributed by atoms with Crippen LogP contribution in [0, 0.1) is 0 Å². The molecule has 0 aliphatic carbocycles. The van der Waals surface area contributed by atoms with E-state index in [0.717, 1.165) is 5.69 Å². The molecule has 94 valence electrons. The van der Waals surface area contributed by atoms with Crippen molar-refractivity contribution in [3.05, 3.63) is 28.0 Å². The second-order valence-corrected chi connectivity index (χ2v) is 4.52. The monoisotopic (exact) mass is 275 g/mol. The van der Waals surface area contributed by atoms with Crippen LogP contribution in [0.25, 0.3) is 0 Å². The highest BCUT2D eigenvalue weighted by atomic mass is 35.5. The fraction of sp³-hybridized carbons (Fsp3) is 0.455. The molecule has 0 radical (unpaired) electrons. The van der Waals surface area contributed by atoms with E-state index in [1.165, 1.54) is 0 Å². The molecule has 0 bridgehead atoms. The predicted octanol–water partition coefficient (Wildman–Crippen LogP) is 1.96. The van der Waals surface area contributed by atoms with Crippen LogP contribution in [0.5, 0.6) is 0 Å². The summed E-state index contributed by atoms with van der Waals surface area (Å²) >= 11 is 11.8. The Hall–Kier alpha value is -0.840. The van der Waals surface area contributed by atoms with Crippen molar-refractivity contribution in [2.24, 2.45) is 0 Å². The Balaban J connectivity index is 2.52. The first kappa shape index (κ1) is 14.2. The zero-order chi connectivity index (χ0) is 12.8. The number of rotatable bonds is 5. The van der Waals surface area contributed by atoms with E-state index in [2.05, 4.69) is 10.3 Å². The number of hydrogen-bond acceptors (Lipinski definition) is 3. The molecule has 1 aromatic rings. The molecule has 0 fully saturated rings. The summed E-state index contributed by atoms with van der Waals surface area (Å²) in [7, 11) is 3.53. The number of amides is 1. The Morgan fingerprint density at radius 2 is 2.18 bits per heavy atom. The second kappa shape index (κ2) is 6.79. The van der Waals surface area contributed by atoms with Crippen LogP contribution in [-0.2, 0) is 11.3 Å². The van der Waals surface area contributed by atoms with E-state index in [4.69, 9.17) is 23.2 Å². The van der Waals surface area contributed by atoms with E-state index < -0.39 is 0 Å². The van der Waals surface area contributed by atoms with Crippen molar-refractivity contribution in [2.45, 2.75) is 13.0 Å². The third kappa shape index (κ3) is 4.89. The molecule has 1 N–H and O–H groups in total. The Labute approximate surface area is 111 Å². The van der Waals surface area contributed by atoms with Gasteiger partial charge in [-0.3, -0.25) is 9.69 Å². The van der Waals surface area contributed by atoms with Crippen LogP contribution in [0.1, 0.15) is 12.1 Å². The zero-order valence-corrected chi connectivity index (χ0v) is 11.3. The van der Waals surface area contributed by atoms with Gasteiger partial charge >= 0.3 is 0 Å². The van der Waals surface area contributed by atoms with Gasteiger partial charge in [-0.05, 0) is 19.2 Å². The molecule has 4 nitrogen and oxygen atoms in total. The first-order valence-electron chi connectivity index (χ1n) is 5.23. The Morgan fingerprint density at radius 3 is 2.82 bits per heavy atom. The minimum absolute atomic E-state index is 0.0157. The largest absolute Gasteiger partial charge is 0.359 e. The lowest BCUT2D eigenvalue weighted by Gasteiger charge is -2.16. The molecule has 0 aromatic carbocycles. The summed E-state index contributed by atoms with van der Waals surface area (Å²) in [5.41, 5.74) is 0.721. The first-order valence-corrected chi connectivity index (χ1v) is 5.98. The van der Waals surface area contributed by atoms with Gasteiger partial charge in [0.2, 0.25) is 5.91 Å². The highest BCUT2D eigenvalue weighted by molar-refractivity contribution is 6.32. The van der Waals surface area contributed by atoms with E-state index in [9.17, 15) is 4.79 Å². The number of pyridine rings is 1. The summed E-state index contributed by atoms with van der Waals surface area (Å²) in [5.74, 6) is 0.0157. The number of halogens is 2. The maximum absolute atomic E-state index is 11.1. The van der Waals surface area contributed by atoms with Gasteiger partial charge in [0.1, 0.15) is 5.15 Å². The van der Waals surface area contributed by atoms with Gasteiger partial charge in [0, 0.05) is 26.6 Å². The highest BCUT2D eigenvalue weighted by Crippen LogP contribution is 2.17. The summed E-state index contributed by atoms with van der Waals surface area (Å²) < 4.78 is 0. The second-order valence-electron chi connectivity index (χ2n) is 3.72. The molecule has 17 heavy (non-hydrogen) atoms. The lowest BCUT2D eigenvalue weighted by atomic mass is 10.3. The van der Waals surface area contributed by atoms with Crippen LogP contribution in [0.2, 0.25) is 10.2 Å². The normalized spacial score (nSPS) is 10.6. The average Bonchev–Trinajstić information content (AvgIpc) is 2.30. The van der Waals surface area contributed by atoms with Crippen molar-refractivity contribution in [1.82, 2.24) is 15.2 Å². The van der Waals surface area contributed by atoms with E-state index in [-0.39, 0.29) is 5.91 Å². The van der Waals surface area contributed by atoms with Gasteiger partial charge in [-0.1, -0.05) is 23.2 Å². The molecule has 0 aliphatic rings. The van der Waals surface area contributed by atoms with Crippen molar-refractivity contribution in [2.75, 3.05) is 20.6 Å². The molecule has 6 heteroatoms. The number of nitrogens with zero attached hydrogens (tertiary/aromatic N) is 2. The maximum atomic E-state index is 11.1. The number of nitrogens with one attached hydrogen (secondary N) is 1. The van der Waals surface area contributed by atoms with Crippen LogP contribution in [0.3, 0.4) is 0 Å². The Morgan fingerprint density at radius 1 is 1.47 bits per heavy atom. The van der Waals surface area contributed by atoms with Crippen molar-refractivity contribution < 1.29 is 4.79 Å². The van der Waals surface area contributed by atoms with Crippen LogP contribution >= 0.6 is 23.2 Å². The number of aromatic nitrogens is 1. The predicted molar refractivity (Wildman–Crippen MR) is 69.3 cm³/mol. The van der Waals surface area contributed by atoms with Gasteiger partial charge in [0.15, 0.2) is 0 Å². The lowest BCUT2D eigenvalue weighted by molar-refractivity contribution is -0.120. The van der Waals surface area contributed by atoms with Gasteiger partial charge < -0.3 is 5.32 Å². The third-order valence-corrected chi connectivity index (χ3v) is 2.86. The molecule has 0 atom stereocenters. The molecule has 0 saturated heterocycles. The highest BCUT2D eigenvalue weighted by Gasteiger charge is 2.08. The molecule has 0 unspecified atom stereocenters. The molecule has 1 aromatic heterocycles. The van der Waals surface area contributed by atoms with Crippen LogP contribution in [0.4, 0.5) is 0 Å². The molecule has 1 amide bonds. The Kier molecular flexibility index (Phi) is 5.68. The van der Waals surface area contributed by atoms with Gasteiger partial charge in [-0.2, -0.15) is 0 Å². The standard InChI is InChI=1S/C11H15Cl2N3O/c1-14-11(17)5-6-16(2)7-9-8(12)3-4-10(13)15-9/h3-4H,5-7H2,1-2H3,(H,14,17). The molecular weight excluding hydrogens is 261 g/mol. The molecular formula is C11H15Cl2N3O. The summed E-state index contributed by atoms with van der Waals surface area (Å²) in [5, 5.41) is 3.58. The van der Waals surface area contributed by atoms with Crippen molar-refractivity contribution in [1.29, 1.82) is 0 Å². The Bertz CT molecular complexity index is 398. The van der Waals surface area contributed by atoms with Crippen LogP contribution in [-0.4, -0.2) is 36.4 Å². The van der Waals surface area contributed by atoms with Crippen molar-refractivity contribution in [3.8, 4) is 0 Å².